The van der Waals surface area contributed by atoms with Gasteiger partial charge in [-0.25, -0.2) is 0 Å². The van der Waals surface area contributed by atoms with E-state index in [0.29, 0.717) is 0 Å². The van der Waals surface area contributed by atoms with Gasteiger partial charge in [-0.15, -0.1) is 70.1 Å². The molecular formula is C30H40Cl2O2Si2Zr. The van der Waals surface area contributed by atoms with Gasteiger partial charge in [0.1, 0.15) is 0 Å². The van der Waals surface area contributed by atoms with Crippen molar-refractivity contribution in [2.75, 3.05) is 0 Å². The van der Waals surface area contributed by atoms with Gasteiger partial charge in [0.2, 0.25) is 0 Å². The van der Waals surface area contributed by atoms with Gasteiger partial charge in [0, 0.05) is 0 Å². The van der Waals surface area contributed by atoms with Crippen LogP contribution in [0, 0.1) is 0 Å². The summed E-state index contributed by atoms with van der Waals surface area (Å²) in [5.41, 5.74) is 2.91. The van der Waals surface area contributed by atoms with Gasteiger partial charge in [-0.1, -0.05) is 64.8 Å². The van der Waals surface area contributed by atoms with Crippen molar-refractivity contribution in [1.29, 1.82) is 0 Å². The average molecular weight is 651 g/mol. The summed E-state index contributed by atoms with van der Waals surface area (Å²) in [5, 5.41) is 5.08. The van der Waals surface area contributed by atoms with E-state index in [1.165, 1.54) is 32.7 Å². The van der Waals surface area contributed by atoms with Crippen molar-refractivity contribution in [3.8, 4) is 11.5 Å². The molecule has 0 saturated heterocycles. The van der Waals surface area contributed by atoms with Crippen LogP contribution in [0.1, 0.15) is 52.7 Å². The van der Waals surface area contributed by atoms with Gasteiger partial charge in [0.25, 0.3) is 18.1 Å². The van der Waals surface area contributed by atoms with E-state index in [4.69, 9.17) is 8.85 Å². The quantitative estimate of drug-likeness (QED) is 0.250. The van der Waals surface area contributed by atoms with Gasteiger partial charge in [-0.3, -0.25) is 0 Å². The molecule has 0 atom stereocenters. The third kappa shape index (κ3) is 9.10. The molecule has 0 spiro atoms. The first-order chi connectivity index (χ1) is 15.8. The van der Waals surface area contributed by atoms with Crippen LogP contribution in [-0.2, 0) is 37.0 Å². The second-order valence-corrected chi connectivity index (χ2v) is 15.5. The molecule has 2 nitrogen and oxygen atoms in total. The number of halogens is 2. The molecule has 0 unspecified atom stereocenters. The molecule has 0 aliphatic carbocycles. The number of fused-ring (bicyclic) bond motifs is 2. The minimum atomic E-state index is -0.729. The second kappa shape index (κ2) is 14.5. The zero-order valence-electron chi connectivity index (χ0n) is 23.8. The van der Waals surface area contributed by atoms with Gasteiger partial charge >= 0.3 is 26.2 Å². The molecule has 0 aromatic heterocycles. The van der Waals surface area contributed by atoms with Gasteiger partial charge < -0.3 is 33.7 Å². The Morgan fingerprint density at radius 1 is 0.568 bits per heavy atom. The molecule has 4 rings (SSSR count). The van der Waals surface area contributed by atoms with E-state index in [1.807, 2.05) is 0 Å². The van der Waals surface area contributed by atoms with Gasteiger partial charge in [0.15, 0.2) is 0 Å². The number of hydrogen-bond donors (Lipinski definition) is 0. The van der Waals surface area contributed by atoms with Crippen molar-refractivity contribution < 1.29 is 59.9 Å². The Bertz CT molecular complexity index is 1150. The third-order valence-electron chi connectivity index (χ3n) is 5.73. The van der Waals surface area contributed by atoms with Crippen LogP contribution in [0.2, 0.25) is 26.2 Å². The van der Waals surface area contributed by atoms with E-state index in [0.717, 1.165) is 11.5 Å². The average Bonchev–Trinajstić information content (AvgIpc) is 3.27. The van der Waals surface area contributed by atoms with Crippen LogP contribution in [-0.4, -0.2) is 18.1 Å². The van der Waals surface area contributed by atoms with E-state index in [9.17, 15) is 0 Å². The minimum absolute atomic E-state index is 0. The molecular weight excluding hydrogens is 611 g/mol. The molecule has 0 heterocycles. The smallest absolute Gasteiger partial charge is 1.00 e. The Hall–Kier alpha value is -0.843. The third-order valence-corrected chi connectivity index (χ3v) is 6.95. The van der Waals surface area contributed by atoms with Gasteiger partial charge in [-0.05, 0) is 48.5 Å². The zero-order valence-corrected chi connectivity index (χ0v) is 29.8. The first-order valence-corrected chi connectivity index (χ1v) is 16.9. The standard InChI is InChI=1S/2C15H20OSi.2ClH.Zr/c2*1-15(2,3)13-10-11-8-6-7-9-12(11)14(13)16-17(4)5;;;/h2*6-10H,1-5H3;2*1H;/q2*-1;;;+4/p-2. The molecule has 0 aliphatic heterocycles. The van der Waals surface area contributed by atoms with Crippen molar-refractivity contribution in [3.63, 3.8) is 0 Å². The van der Waals surface area contributed by atoms with Crippen LogP contribution in [0.4, 0.5) is 0 Å². The predicted octanol–water partition coefficient (Wildman–Crippen LogP) is 2.98. The minimum Gasteiger partial charge on any atom is -1.00 e. The fraction of sp³-hybridized carbons (Fsp3) is 0.400. The topological polar surface area (TPSA) is 18.5 Å². The molecule has 37 heavy (non-hydrogen) atoms. The maximum Gasteiger partial charge on any atom is 4.00 e. The molecule has 4 aromatic carbocycles. The Morgan fingerprint density at radius 3 is 1.14 bits per heavy atom. The summed E-state index contributed by atoms with van der Waals surface area (Å²) in [6.45, 7) is 22.2. The van der Waals surface area contributed by atoms with E-state index >= 15 is 0 Å². The Labute approximate surface area is 259 Å². The zero-order chi connectivity index (χ0) is 25.3. The molecule has 0 amide bonds. The van der Waals surface area contributed by atoms with Crippen LogP contribution in [0.5, 0.6) is 11.5 Å². The summed E-state index contributed by atoms with van der Waals surface area (Å²) >= 11 is 0. The molecule has 0 N–H and O–H groups in total. The molecule has 0 aliphatic rings. The summed E-state index contributed by atoms with van der Waals surface area (Å²) in [7, 11) is -1.46. The first kappa shape index (κ1) is 36.2. The summed E-state index contributed by atoms with van der Waals surface area (Å²) in [4.78, 5) is 0. The predicted molar refractivity (Wildman–Crippen MR) is 153 cm³/mol. The monoisotopic (exact) mass is 648 g/mol. The normalized spacial score (nSPS) is 11.4. The molecule has 4 aromatic rings. The van der Waals surface area contributed by atoms with Crippen molar-refractivity contribution >= 4 is 39.6 Å². The van der Waals surface area contributed by atoms with Crippen molar-refractivity contribution in [3.05, 3.63) is 71.8 Å². The molecule has 0 saturated carbocycles. The Balaban J connectivity index is 0.000000648. The van der Waals surface area contributed by atoms with E-state index in [1.54, 1.807) is 0 Å². The maximum atomic E-state index is 6.13. The molecule has 0 fully saturated rings. The maximum absolute atomic E-state index is 6.13. The number of hydrogen-bond acceptors (Lipinski definition) is 2. The van der Waals surface area contributed by atoms with Crippen LogP contribution < -0.4 is 33.7 Å². The van der Waals surface area contributed by atoms with Crippen LogP contribution in [0.3, 0.4) is 0 Å². The summed E-state index contributed by atoms with van der Waals surface area (Å²) < 4.78 is 12.3. The largest absolute Gasteiger partial charge is 4.00 e. The van der Waals surface area contributed by atoms with E-state index < -0.39 is 18.1 Å². The van der Waals surface area contributed by atoms with Crippen LogP contribution in [0.25, 0.3) is 21.5 Å². The molecule has 198 valence electrons. The summed E-state index contributed by atoms with van der Waals surface area (Å²) in [6, 6.07) is 21.5. The van der Waals surface area contributed by atoms with Crippen molar-refractivity contribution in [2.45, 2.75) is 78.6 Å². The van der Waals surface area contributed by atoms with Gasteiger partial charge in [0.05, 0.1) is 0 Å². The molecule has 0 bridgehead atoms. The summed E-state index contributed by atoms with van der Waals surface area (Å²) in [5.74, 6) is 2.21. The number of rotatable bonds is 4. The Morgan fingerprint density at radius 2 is 0.865 bits per heavy atom. The van der Waals surface area contributed by atoms with Crippen LogP contribution >= 0.6 is 0 Å². The van der Waals surface area contributed by atoms with Crippen molar-refractivity contribution in [2.24, 2.45) is 0 Å². The molecule has 7 heteroatoms. The fourth-order valence-electron chi connectivity index (χ4n) is 4.13. The van der Waals surface area contributed by atoms with Crippen LogP contribution in [0.15, 0.2) is 60.7 Å². The van der Waals surface area contributed by atoms with Crippen molar-refractivity contribution in [1.82, 2.24) is 0 Å². The number of benzene rings is 2. The Kier molecular flexibility index (Phi) is 14.2. The van der Waals surface area contributed by atoms with E-state index in [-0.39, 0.29) is 61.8 Å². The SMILES string of the molecule is C[Si](C)Oc1c(C(C)(C)C)[cH-]c2ccccc12.C[Si](C)Oc1c(C(C)(C)C)[cH-]c2ccccc12.[Cl-].[Cl-].[Zr+4]. The summed E-state index contributed by atoms with van der Waals surface area (Å²) in [6.07, 6.45) is 0. The first-order valence-electron chi connectivity index (χ1n) is 12.1. The molecule has 2 radical (unpaired) electrons. The van der Waals surface area contributed by atoms with E-state index in [2.05, 4.69) is 128 Å². The van der Waals surface area contributed by atoms with Gasteiger partial charge in [-0.2, -0.15) is 0 Å². The fourth-order valence-corrected chi connectivity index (χ4v) is 5.39. The second-order valence-electron chi connectivity index (χ2n) is 11.5.